The zero-order valence-corrected chi connectivity index (χ0v) is 13.8. The third-order valence-corrected chi connectivity index (χ3v) is 6.96. The van der Waals surface area contributed by atoms with E-state index in [0.29, 0.717) is 16.5 Å². The first-order chi connectivity index (χ1) is 10.0. The maximum atomic E-state index is 12.8. The minimum Gasteiger partial charge on any atom is -0.480 e. The highest BCUT2D eigenvalue weighted by molar-refractivity contribution is 8.00. The molecule has 1 saturated carbocycles. The van der Waals surface area contributed by atoms with Crippen LogP contribution in [0.2, 0.25) is 0 Å². The molecule has 3 rings (SSSR count). The lowest BCUT2D eigenvalue weighted by Gasteiger charge is -2.26. The summed E-state index contributed by atoms with van der Waals surface area (Å²) in [5.74, 6) is 0.00264. The van der Waals surface area contributed by atoms with Crippen molar-refractivity contribution in [3.63, 3.8) is 0 Å². The molecule has 21 heavy (non-hydrogen) atoms. The van der Waals surface area contributed by atoms with E-state index in [1.165, 1.54) is 16.2 Å². The van der Waals surface area contributed by atoms with Crippen molar-refractivity contribution in [3.8, 4) is 0 Å². The summed E-state index contributed by atoms with van der Waals surface area (Å²) in [5, 5.41) is 9.45. The molecule has 1 aliphatic carbocycles. The van der Waals surface area contributed by atoms with Gasteiger partial charge in [-0.2, -0.15) is 0 Å². The molecule has 1 N–H and O–H groups in total. The molecule has 2 fully saturated rings. The number of aliphatic carboxylic acids is 1. The molecule has 2 aliphatic rings. The third-order valence-electron chi connectivity index (χ3n) is 4.13. The number of carbonyl (C=O) groups excluding carboxylic acids is 1. The molecule has 2 heterocycles. The zero-order valence-electron chi connectivity index (χ0n) is 12.2. The van der Waals surface area contributed by atoms with Crippen molar-refractivity contribution in [2.75, 3.05) is 5.75 Å². The highest BCUT2D eigenvalue weighted by Gasteiger charge is 2.48. The average Bonchev–Trinajstić information content (AvgIpc) is 3.08. The number of carbonyl (C=O) groups is 2. The monoisotopic (exact) mass is 325 g/mol. The lowest BCUT2D eigenvalue weighted by atomic mass is 10.2. The van der Waals surface area contributed by atoms with Crippen molar-refractivity contribution in [1.29, 1.82) is 0 Å². The molecule has 2 atom stereocenters. The van der Waals surface area contributed by atoms with E-state index in [1.54, 1.807) is 16.7 Å². The molecule has 2 unspecified atom stereocenters. The first-order valence-corrected chi connectivity index (χ1v) is 9.15. The summed E-state index contributed by atoms with van der Waals surface area (Å²) in [6.07, 6.45) is 3.13. The molecule has 6 heteroatoms. The topological polar surface area (TPSA) is 57.6 Å². The Bertz CT molecular complexity index is 579. The molecule has 1 saturated heterocycles. The largest absolute Gasteiger partial charge is 0.480 e. The van der Waals surface area contributed by atoms with Gasteiger partial charge in [-0.1, -0.05) is 6.92 Å². The van der Waals surface area contributed by atoms with Gasteiger partial charge < -0.3 is 10.0 Å². The van der Waals surface area contributed by atoms with Crippen molar-refractivity contribution in [1.82, 2.24) is 4.90 Å². The van der Waals surface area contributed by atoms with Crippen LogP contribution in [0.3, 0.4) is 0 Å². The standard InChI is InChI=1S/C15H19NO3S2/c1-3-11-8(2)6-12(21-11)13(17)16-10(15(18)19)7-20-14(16)9-4-5-9/h6,9-10,14H,3-5,7H2,1-2H3,(H,18,19). The van der Waals surface area contributed by atoms with Crippen LogP contribution in [0.5, 0.6) is 0 Å². The summed E-state index contributed by atoms with van der Waals surface area (Å²) < 4.78 is 0. The Balaban J connectivity index is 1.89. The minimum atomic E-state index is -0.886. The molecule has 1 aromatic heterocycles. The number of carboxylic acid groups (broad SMARTS) is 1. The maximum absolute atomic E-state index is 12.8. The van der Waals surface area contributed by atoms with Gasteiger partial charge in [-0.25, -0.2) is 4.79 Å². The van der Waals surface area contributed by atoms with Crippen molar-refractivity contribution in [2.24, 2.45) is 5.92 Å². The summed E-state index contributed by atoms with van der Waals surface area (Å²) in [5.41, 5.74) is 1.13. The summed E-state index contributed by atoms with van der Waals surface area (Å²) in [6, 6.07) is 1.23. The fourth-order valence-electron chi connectivity index (χ4n) is 2.82. The van der Waals surface area contributed by atoms with Crippen LogP contribution in [0.1, 0.15) is 39.9 Å². The number of carboxylic acids is 1. The van der Waals surface area contributed by atoms with E-state index < -0.39 is 12.0 Å². The molecule has 0 aromatic carbocycles. The molecule has 1 amide bonds. The van der Waals surface area contributed by atoms with Gasteiger partial charge in [-0.05, 0) is 43.7 Å². The fourth-order valence-corrected chi connectivity index (χ4v) is 5.51. The molecular formula is C15H19NO3S2. The van der Waals surface area contributed by atoms with E-state index in [1.807, 2.05) is 13.0 Å². The molecule has 114 valence electrons. The quantitative estimate of drug-likeness (QED) is 0.924. The van der Waals surface area contributed by atoms with Crippen LogP contribution in [0.4, 0.5) is 0 Å². The molecule has 0 bridgehead atoms. The SMILES string of the molecule is CCc1sc(C(=O)N2C(C(=O)O)CSC2C2CC2)cc1C. The van der Waals surface area contributed by atoms with E-state index >= 15 is 0 Å². The second-order valence-corrected chi connectivity index (χ2v) is 7.98. The van der Waals surface area contributed by atoms with Crippen molar-refractivity contribution in [3.05, 3.63) is 21.4 Å². The van der Waals surface area contributed by atoms with E-state index in [9.17, 15) is 14.7 Å². The van der Waals surface area contributed by atoms with Crippen LogP contribution < -0.4 is 0 Å². The second-order valence-electron chi connectivity index (χ2n) is 5.70. The Morgan fingerprint density at radius 3 is 2.67 bits per heavy atom. The molecule has 1 aliphatic heterocycles. The van der Waals surface area contributed by atoms with Crippen LogP contribution in [-0.4, -0.2) is 39.1 Å². The highest BCUT2D eigenvalue weighted by atomic mass is 32.2. The van der Waals surface area contributed by atoms with E-state index in [0.717, 1.165) is 24.8 Å². The van der Waals surface area contributed by atoms with Gasteiger partial charge in [0.15, 0.2) is 0 Å². The van der Waals surface area contributed by atoms with Gasteiger partial charge in [0, 0.05) is 10.6 Å². The van der Waals surface area contributed by atoms with Crippen molar-refractivity contribution < 1.29 is 14.7 Å². The highest BCUT2D eigenvalue weighted by Crippen LogP contribution is 2.46. The number of amides is 1. The summed E-state index contributed by atoms with van der Waals surface area (Å²) >= 11 is 3.14. The molecule has 1 aromatic rings. The lowest BCUT2D eigenvalue weighted by molar-refractivity contribution is -0.141. The van der Waals surface area contributed by atoms with Crippen molar-refractivity contribution >= 4 is 35.0 Å². The lowest BCUT2D eigenvalue weighted by Crippen LogP contribution is -2.46. The van der Waals surface area contributed by atoms with Gasteiger partial charge in [0.05, 0.1) is 10.3 Å². The Morgan fingerprint density at radius 2 is 2.14 bits per heavy atom. The normalized spacial score (nSPS) is 25.3. The third kappa shape index (κ3) is 2.71. The van der Waals surface area contributed by atoms with Crippen LogP contribution >= 0.6 is 23.1 Å². The number of nitrogens with zero attached hydrogens (tertiary/aromatic N) is 1. The predicted octanol–water partition coefficient (Wildman–Crippen LogP) is 3.00. The van der Waals surface area contributed by atoms with Crippen LogP contribution in [0.15, 0.2) is 6.07 Å². The fraction of sp³-hybridized carbons (Fsp3) is 0.600. The molecule has 0 spiro atoms. The zero-order chi connectivity index (χ0) is 15.1. The smallest absolute Gasteiger partial charge is 0.327 e. The van der Waals surface area contributed by atoms with Gasteiger partial charge >= 0.3 is 5.97 Å². The number of thiophene rings is 1. The Morgan fingerprint density at radius 1 is 1.43 bits per heavy atom. The van der Waals surface area contributed by atoms with Gasteiger partial charge in [0.1, 0.15) is 6.04 Å². The van der Waals surface area contributed by atoms with Crippen LogP contribution in [0, 0.1) is 12.8 Å². The Labute approximate surface area is 132 Å². The van der Waals surface area contributed by atoms with E-state index in [-0.39, 0.29) is 11.3 Å². The van der Waals surface area contributed by atoms with E-state index in [4.69, 9.17) is 0 Å². The van der Waals surface area contributed by atoms with Gasteiger partial charge in [-0.3, -0.25) is 4.79 Å². The van der Waals surface area contributed by atoms with Crippen LogP contribution in [-0.2, 0) is 11.2 Å². The summed E-state index contributed by atoms with van der Waals surface area (Å²) in [4.78, 5) is 27.8. The first-order valence-electron chi connectivity index (χ1n) is 7.29. The Hall–Kier alpha value is -1.01. The predicted molar refractivity (Wildman–Crippen MR) is 85.0 cm³/mol. The number of thioether (sulfide) groups is 1. The number of hydrogen-bond donors (Lipinski definition) is 1. The summed E-state index contributed by atoms with van der Waals surface area (Å²) in [6.45, 7) is 4.09. The second kappa shape index (κ2) is 5.65. The van der Waals surface area contributed by atoms with E-state index in [2.05, 4.69) is 6.92 Å². The maximum Gasteiger partial charge on any atom is 0.327 e. The van der Waals surface area contributed by atoms with Gasteiger partial charge in [-0.15, -0.1) is 23.1 Å². The van der Waals surface area contributed by atoms with Gasteiger partial charge in [0.2, 0.25) is 0 Å². The average molecular weight is 325 g/mol. The Kier molecular flexibility index (Phi) is 4.01. The van der Waals surface area contributed by atoms with Crippen molar-refractivity contribution in [2.45, 2.75) is 44.5 Å². The minimum absolute atomic E-state index is 0.0473. The molecule has 4 nitrogen and oxygen atoms in total. The number of aryl methyl sites for hydroxylation is 2. The van der Waals surface area contributed by atoms with Crippen LogP contribution in [0.25, 0.3) is 0 Å². The molecular weight excluding hydrogens is 306 g/mol. The first kappa shape index (κ1) is 14.9. The summed E-state index contributed by atoms with van der Waals surface area (Å²) in [7, 11) is 0. The molecule has 0 radical (unpaired) electrons. The number of rotatable bonds is 4. The van der Waals surface area contributed by atoms with Gasteiger partial charge in [0.25, 0.3) is 5.91 Å². The number of hydrogen-bond acceptors (Lipinski definition) is 4.